The fourth-order valence-electron chi connectivity index (χ4n) is 1.71. The van der Waals surface area contributed by atoms with Gasteiger partial charge >= 0.3 is 5.97 Å². The van der Waals surface area contributed by atoms with Crippen LogP contribution in [0.2, 0.25) is 0 Å². The second-order valence-corrected chi connectivity index (χ2v) is 4.16. The molecule has 0 aliphatic carbocycles. The molecule has 1 aromatic heterocycles. The summed E-state index contributed by atoms with van der Waals surface area (Å²) in [5.41, 5.74) is -0.680. The number of aliphatic hydroxyl groups is 1. The molecule has 1 atom stereocenters. The third-order valence-corrected chi connectivity index (χ3v) is 2.78. The van der Waals surface area contributed by atoms with E-state index in [2.05, 4.69) is 20.0 Å². The Morgan fingerprint density at radius 3 is 3.22 bits per heavy atom. The summed E-state index contributed by atoms with van der Waals surface area (Å²) < 4.78 is 9.76. The maximum atomic E-state index is 11.5. The van der Waals surface area contributed by atoms with Crippen molar-refractivity contribution in [1.29, 1.82) is 0 Å². The van der Waals surface area contributed by atoms with Crippen LogP contribution in [0.3, 0.4) is 0 Å². The lowest BCUT2D eigenvalue weighted by Gasteiger charge is -2.21. The van der Waals surface area contributed by atoms with Crippen molar-refractivity contribution >= 4 is 11.8 Å². The first-order chi connectivity index (χ1) is 8.64. The Labute approximate surface area is 104 Å². The van der Waals surface area contributed by atoms with E-state index in [4.69, 9.17) is 4.74 Å². The number of nitrogens with one attached hydrogen (secondary N) is 1. The number of carbonyl (C=O) groups excluding carboxylic acids is 1. The molecule has 98 valence electrons. The molecule has 1 saturated heterocycles. The Hall–Kier alpha value is -1.73. The minimum atomic E-state index is -0.918. The predicted molar refractivity (Wildman–Crippen MR) is 62.2 cm³/mol. The van der Waals surface area contributed by atoms with Gasteiger partial charge in [0.1, 0.15) is 23.3 Å². The van der Waals surface area contributed by atoms with Crippen molar-refractivity contribution in [1.82, 2.24) is 9.97 Å². The van der Waals surface area contributed by atoms with E-state index in [9.17, 15) is 9.90 Å². The minimum absolute atomic E-state index is 0.238. The molecule has 1 fully saturated rings. The van der Waals surface area contributed by atoms with Crippen LogP contribution in [0.15, 0.2) is 12.5 Å². The predicted octanol–water partition coefficient (Wildman–Crippen LogP) is -0.174. The lowest BCUT2D eigenvalue weighted by molar-refractivity contribution is 0.0380. The van der Waals surface area contributed by atoms with Crippen LogP contribution in [0, 0.1) is 0 Å². The molecule has 0 saturated carbocycles. The van der Waals surface area contributed by atoms with Gasteiger partial charge in [0, 0.05) is 25.8 Å². The molecule has 0 bridgehead atoms. The van der Waals surface area contributed by atoms with Gasteiger partial charge in [0.05, 0.1) is 13.7 Å². The first-order valence-corrected chi connectivity index (χ1v) is 5.57. The number of rotatable bonds is 4. The quantitative estimate of drug-likeness (QED) is 0.719. The highest BCUT2D eigenvalue weighted by atomic mass is 16.5. The van der Waals surface area contributed by atoms with Crippen molar-refractivity contribution in [3.05, 3.63) is 18.1 Å². The number of nitrogens with zero attached hydrogens (tertiary/aromatic N) is 2. The van der Waals surface area contributed by atoms with E-state index in [0.29, 0.717) is 18.8 Å². The van der Waals surface area contributed by atoms with Crippen molar-refractivity contribution in [3.63, 3.8) is 0 Å². The molecule has 0 amide bonds. The third kappa shape index (κ3) is 2.74. The second kappa shape index (κ2) is 5.28. The van der Waals surface area contributed by atoms with Crippen LogP contribution in [0.1, 0.15) is 16.8 Å². The van der Waals surface area contributed by atoms with Crippen molar-refractivity contribution in [2.75, 3.05) is 32.2 Å². The van der Waals surface area contributed by atoms with Crippen LogP contribution < -0.4 is 5.32 Å². The summed E-state index contributed by atoms with van der Waals surface area (Å²) in [4.78, 5) is 19.2. The normalized spacial score (nSPS) is 22.8. The number of carbonyl (C=O) groups is 1. The molecule has 0 aromatic carbocycles. The number of aromatic nitrogens is 2. The number of anilines is 1. The molecule has 7 heteroatoms. The van der Waals surface area contributed by atoms with E-state index in [-0.39, 0.29) is 18.7 Å². The average Bonchev–Trinajstić information content (AvgIpc) is 2.83. The summed E-state index contributed by atoms with van der Waals surface area (Å²) in [6.07, 6.45) is 3.25. The molecule has 1 aliphatic heterocycles. The van der Waals surface area contributed by atoms with Gasteiger partial charge in [-0.3, -0.25) is 0 Å². The van der Waals surface area contributed by atoms with E-state index in [0.717, 1.165) is 0 Å². The van der Waals surface area contributed by atoms with E-state index in [1.54, 1.807) is 0 Å². The Morgan fingerprint density at radius 2 is 2.56 bits per heavy atom. The van der Waals surface area contributed by atoms with E-state index < -0.39 is 11.6 Å². The smallest absolute Gasteiger partial charge is 0.343 e. The Bertz CT molecular complexity index is 432. The number of methoxy groups -OCH3 is 1. The SMILES string of the molecule is COC(=O)c1cncnc1NCC1(O)CCOC1. The summed E-state index contributed by atoms with van der Waals surface area (Å²) in [6, 6.07) is 0. The van der Waals surface area contributed by atoms with Gasteiger partial charge in [-0.05, 0) is 0 Å². The van der Waals surface area contributed by atoms with Gasteiger partial charge in [-0.15, -0.1) is 0 Å². The monoisotopic (exact) mass is 253 g/mol. The first kappa shape index (κ1) is 12.7. The van der Waals surface area contributed by atoms with E-state index >= 15 is 0 Å². The summed E-state index contributed by atoms with van der Waals surface area (Å²) >= 11 is 0. The van der Waals surface area contributed by atoms with Crippen LogP contribution in [-0.4, -0.2) is 53.5 Å². The lowest BCUT2D eigenvalue weighted by Crippen LogP contribution is -2.37. The van der Waals surface area contributed by atoms with Gasteiger partial charge in [0.2, 0.25) is 0 Å². The average molecular weight is 253 g/mol. The van der Waals surface area contributed by atoms with Crippen LogP contribution in [0.25, 0.3) is 0 Å². The Morgan fingerprint density at radius 1 is 1.72 bits per heavy atom. The number of hydrogen-bond donors (Lipinski definition) is 2. The topological polar surface area (TPSA) is 93.6 Å². The van der Waals surface area contributed by atoms with Crippen molar-refractivity contribution < 1.29 is 19.4 Å². The molecular formula is C11H15N3O4. The molecule has 2 heterocycles. The van der Waals surface area contributed by atoms with Crippen molar-refractivity contribution in [2.45, 2.75) is 12.0 Å². The van der Waals surface area contributed by atoms with Crippen LogP contribution >= 0.6 is 0 Å². The van der Waals surface area contributed by atoms with E-state index in [1.807, 2.05) is 0 Å². The number of hydrogen-bond acceptors (Lipinski definition) is 7. The highest BCUT2D eigenvalue weighted by Crippen LogP contribution is 2.20. The molecule has 2 rings (SSSR count). The minimum Gasteiger partial charge on any atom is -0.465 e. The molecule has 1 aliphatic rings. The maximum Gasteiger partial charge on any atom is 0.343 e. The lowest BCUT2D eigenvalue weighted by atomic mass is 10.0. The van der Waals surface area contributed by atoms with Crippen molar-refractivity contribution in [2.24, 2.45) is 0 Å². The van der Waals surface area contributed by atoms with E-state index in [1.165, 1.54) is 19.6 Å². The summed E-state index contributed by atoms with van der Waals surface area (Å²) in [5.74, 6) is -0.176. The molecule has 0 radical (unpaired) electrons. The highest BCUT2D eigenvalue weighted by molar-refractivity contribution is 5.94. The summed E-state index contributed by atoms with van der Waals surface area (Å²) in [5, 5.41) is 13.0. The van der Waals surface area contributed by atoms with Gasteiger partial charge in [-0.2, -0.15) is 0 Å². The molecule has 7 nitrogen and oxygen atoms in total. The van der Waals surface area contributed by atoms with Crippen LogP contribution in [0.4, 0.5) is 5.82 Å². The number of esters is 1. The van der Waals surface area contributed by atoms with Gasteiger partial charge in [-0.25, -0.2) is 14.8 Å². The zero-order valence-electron chi connectivity index (χ0n) is 10.0. The molecule has 2 N–H and O–H groups in total. The van der Waals surface area contributed by atoms with Gasteiger partial charge in [0.15, 0.2) is 0 Å². The van der Waals surface area contributed by atoms with Crippen LogP contribution in [-0.2, 0) is 9.47 Å². The highest BCUT2D eigenvalue weighted by Gasteiger charge is 2.32. The van der Waals surface area contributed by atoms with Crippen molar-refractivity contribution in [3.8, 4) is 0 Å². The molecule has 1 unspecified atom stereocenters. The summed E-state index contributed by atoms with van der Waals surface area (Å²) in [6.45, 7) is 1.07. The fraction of sp³-hybridized carbons (Fsp3) is 0.545. The Kier molecular flexibility index (Phi) is 3.73. The Balaban J connectivity index is 2.07. The molecule has 18 heavy (non-hydrogen) atoms. The second-order valence-electron chi connectivity index (χ2n) is 4.16. The molecule has 0 spiro atoms. The van der Waals surface area contributed by atoms with Gasteiger partial charge in [0.25, 0.3) is 0 Å². The van der Waals surface area contributed by atoms with Gasteiger partial charge in [-0.1, -0.05) is 0 Å². The van der Waals surface area contributed by atoms with Crippen LogP contribution in [0.5, 0.6) is 0 Å². The first-order valence-electron chi connectivity index (χ1n) is 5.57. The zero-order valence-corrected chi connectivity index (χ0v) is 10.0. The number of ether oxygens (including phenoxy) is 2. The summed E-state index contributed by atoms with van der Waals surface area (Å²) in [7, 11) is 1.29. The fourth-order valence-corrected chi connectivity index (χ4v) is 1.71. The third-order valence-electron chi connectivity index (χ3n) is 2.78. The molecule has 1 aromatic rings. The largest absolute Gasteiger partial charge is 0.465 e. The maximum absolute atomic E-state index is 11.5. The zero-order chi connectivity index (χ0) is 13.0. The van der Waals surface area contributed by atoms with Gasteiger partial charge < -0.3 is 19.9 Å². The standard InChI is InChI=1S/C11H15N3O4/c1-17-10(15)8-4-12-7-14-9(8)13-5-11(16)2-3-18-6-11/h4,7,16H,2-3,5-6H2,1H3,(H,12,13,14). The molecular weight excluding hydrogens is 238 g/mol.